The Labute approximate surface area is 152 Å². The Hall–Kier alpha value is -2.57. The van der Waals surface area contributed by atoms with Gasteiger partial charge in [0.05, 0.1) is 7.11 Å². The minimum atomic E-state index is -0.492. The van der Waals surface area contributed by atoms with E-state index in [1.165, 1.54) is 7.11 Å². The number of hydrogen-bond acceptors (Lipinski definition) is 5. The van der Waals surface area contributed by atoms with Crippen LogP contribution in [0.4, 0.5) is 4.79 Å². The van der Waals surface area contributed by atoms with Crippen LogP contribution in [0.1, 0.15) is 31.2 Å². The predicted octanol–water partition coefficient (Wildman–Crippen LogP) is 1.95. The van der Waals surface area contributed by atoms with E-state index < -0.39 is 6.04 Å². The SMILES string of the molecule is COC(=O)C1CCC(=O)N1C1CCN(C(=O)OCc2ccccc2)CC1. The summed E-state index contributed by atoms with van der Waals surface area (Å²) in [5.41, 5.74) is 0.944. The fourth-order valence-corrected chi connectivity index (χ4v) is 3.66. The van der Waals surface area contributed by atoms with Crippen molar-refractivity contribution in [3.05, 3.63) is 35.9 Å². The van der Waals surface area contributed by atoms with Crippen LogP contribution in [-0.2, 0) is 25.7 Å². The summed E-state index contributed by atoms with van der Waals surface area (Å²) >= 11 is 0. The van der Waals surface area contributed by atoms with Gasteiger partial charge in [0.15, 0.2) is 0 Å². The average Bonchev–Trinajstić information content (AvgIpc) is 3.08. The first-order valence-electron chi connectivity index (χ1n) is 8.94. The standard InChI is InChI=1S/C19H24N2O5/c1-25-18(23)16-7-8-17(22)21(16)15-9-11-20(12-10-15)19(24)26-13-14-5-3-2-4-6-14/h2-6,15-16H,7-13H2,1H3. The fourth-order valence-electron chi connectivity index (χ4n) is 3.66. The number of methoxy groups -OCH3 is 1. The quantitative estimate of drug-likeness (QED) is 0.767. The molecule has 0 spiro atoms. The van der Waals surface area contributed by atoms with Crippen LogP contribution in [0.3, 0.4) is 0 Å². The molecule has 2 amide bonds. The number of ether oxygens (including phenoxy) is 2. The number of nitrogens with zero attached hydrogens (tertiary/aromatic N) is 2. The van der Waals surface area contributed by atoms with Crippen LogP contribution in [0, 0.1) is 0 Å². The molecule has 0 bridgehead atoms. The van der Waals surface area contributed by atoms with Gasteiger partial charge in [0, 0.05) is 25.6 Å². The van der Waals surface area contributed by atoms with Crippen molar-refractivity contribution in [3.63, 3.8) is 0 Å². The Morgan fingerprint density at radius 3 is 2.46 bits per heavy atom. The molecule has 0 N–H and O–H groups in total. The van der Waals surface area contributed by atoms with Crippen molar-refractivity contribution in [2.45, 2.75) is 44.4 Å². The zero-order valence-electron chi connectivity index (χ0n) is 14.9. The maximum atomic E-state index is 12.2. The van der Waals surface area contributed by atoms with Gasteiger partial charge in [0.25, 0.3) is 0 Å². The Bertz CT molecular complexity index is 655. The molecule has 2 heterocycles. The zero-order chi connectivity index (χ0) is 18.5. The zero-order valence-corrected chi connectivity index (χ0v) is 14.9. The van der Waals surface area contributed by atoms with Crippen LogP contribution in [0.2, 0.25) is 0 Å². The van der Waals surface area contributed by atoms with Gasteiger partial charge in [0.1, 0.15) is 12.6 Å². The van der Waals surface area contributed by atoms with Crippen LogP contribution >= 0.6 is 0 Å². The molecule has 1 unspecified atom stereocenters. The first kappa shape index (κ1) is 18.2. The Morgan fingerprint density at radius 2 is 1.81 bits per heavy atom. The van der Waals surface area contributed by atoms with Gasteiger partial charge in [-0.1, -0.05) is 30.3 Å². The highest BCUT2D eigenvalue weighted by Crippen LogP contribution is 2.28. The molecule has 2 aliphatic heterocycles. The Morgan fingerprint density at radius 1 is 1.12 bits per heavy atom. The molecular weight excluding hydrogens is 336 g/mol. The summed E-state index contributed by atoms with van der Waals surface area (Å²) in [6.45, 7) is 1.26. The van der Waals surface area contributed by atoms with Crippen LogP contribution in [0.25, 0.3) is 0 Å². The second kappa shape index (κ2) is 8.21. The molecule has 140 valence electrons. The van der Waals surface area contributed by atoms with Crippen molar-refractivity contribution in [1.82, 2.24) is 9.80 Å². The normalized spacial score (nSPS) is 21.0. The third kappa shape index (κ3) is 3.98. The molecule has 0 aliphatic carbocycles. The summed E-state index contributed by atoms with van der Waals surface area (Å²) in [4.78, 5) is 39.7. The largest absolute Gasteiger partial charge is 0.467 e. The summed E-state index contributed by atoms with van der Waals surface area (Å²) < 4.78 is 10.2. The van der Waals surface area contributed by atoms with E-state index in [9.17, 15) is 14.4 Å². The molecule has 1 atom stereocenters. The van der Waals surface area contributed by atoms with Gasteiger partial charge >= 0.3 is 12.1 Å². The second-order valence-electron chi connectivity index (χ2n) is 6.64. The number of likely N-dealkylation sites (tertiary alicyclic amines) is 2. The first-order valence-corrected chi connectivity index (χ1v) is 8.94. The summed E-state index contributed by atoms with van der Waals surface area (Å²) in [7, 11) is 1.34. The highest BCUT2D eigenvalue weighted by atomic mass is 16.6. The molecule has 3 rings (SSSR count). The lowest BCUT2D eigenvalue weighted by Crippen LogP contribution is -2.51. The van der Waals surface area contributed by atoms with Crippen molar-refractivity contribution in [3.8, 4) is 0 Å². The van der Waals surface area contributed by atoms with E-state index in [2.05, 4.69) is 0 Å². The predicted molar refractivity (Wildman–Crippen MR) is 93.1 cm³/mol. The molecule has 2 aliphatic rings. The molecule has 2 saturated heterocycles. The maximum absolute atomic E-state index is 12.2. The molecule has 1 aromatic carbocycles. The number of carbonyl (C=O) groups is 3. The van der Waals surface area contributed by atoms with E-state index in [1.807, 2.05) is 30.3 Å². The molecule has 0 saturated carbocycles. The topological polar surface area (TPSA) is 76.2 Å². The molecule has 7 nitrogen and oxygen atoms in total. The number of piperidine rings is 1. The van der Waals surface area contributed by atoms with E-state index in [1.54, 1.807) is 9.80 Å². The van der Waals surface area contributed by atoms with Gasteiger partial charge in [-0.2, -0.15) is 0 Å². The van der Waals surface area contributed by atoms with Crippen molar-refractivity contribution >= 4 is 18.0 Å². The van der Waals surface area contributed by atoms with Crippen molar-refractivity contribution in [2.75, 3.05) is 20.2 Å². The number of benzene rings is 1. The molecule has 0 radical (unpaired) electrons. The highest BCUT2D eigenvalue weighted by molar-refractivity contribution is 5.88. The van der Waals surface area contributed by atoms with Gasteiger partial charge in [-0.25, -0.2) is 9.59 Å². The Balaban J connectivity index is 1.51. The lowest BCUT2D eigenvalue weighted by molar-refractivity contribution is -0.151. The van der Waals surface area contributed by atoms with Gasteiger partial charge in [-0.05, 0) is 24.8 Å². The van der Waals surface area contributed by atoms with Crippen LogP contribution in [-0.4, -0.2) is 60.1 Å². The smallest absolute Gasteiger partial charge is 0.410 e. The van der Waals surface area contributed by atoms with E-state index in [0.29, 0.717) is 38.8 Å². The molecule has 1 aromatic rings. The summed E-state index contributed by atoms with van der Waals surface area (Å²) in [6, 6.07) is 9.01. The van der Waals surface area contributed by atoms with E-state index in [-0.39, 0.29) is 30.6 Å². The molecule has 26 heavy (non-hydrogen) atoms. The monoisotopic (exact) mass is 360 g/mol. The van der Waals surface area contributed by atoms with Crippen LogP contribution in [0.15, 0.2) is 30.3 Å². The number of carbonyl (C=O) groups excluding carboxylic acids is 3. The molecule has 7 heteroatoms. The van der Waals surface area contributed by atoms with Gasteiger partial charge in [-0.15, -0.1) is 0 Å². The highest BCUT2D eigenvalue weighted by Gasteiger charge is 2.42. The third-order valence-corrected chi connectivity index (χ3v) is 5.05. The third-order valence-electron chi connectivity index (χ3n) is 5.05. The van der Waals surface area contributed by atoms with E-state index >= 15 is 0 Å². The molecular formula is C19H24N2O5. The maximum Gasteiger partial charge on any atom is 0.410 e. The van der Waals surface area contributed by atoms with Gasteiger partial charge in [-0.3, -0.25) is 4.79 Å². The summed E-state index contributed by atoms with van der Waals surface area (Å²) in [5, 5.41) is 0. The minimum absolute atomic E-state index is 0.00879. The van der Waals surface area contributed by atoms with Crippen LogP contribution < -0.4 is 0 Å². The fraction of sp³-hybridized carbons (Fsp3) is 0.526. The molecule has 2 fully saturated rings. The second-order valence-corrected chi connectivity index (χ2v) is 6.64. The van der Waals surface area contributed by atoms with Crippen molar-refractivity contribution in [2.24, 2.45) is 0 Å². The van der Waals surface area contributed by atoms with Crippen molar-refractivity contribution in [1.29, 1.82) is 0 Å². The lowest BCUT2D eigenvalue weighted by atomic mass is 10.0. The Kier molecular flexibility index (Phi) is 5.75. The summed E-state index contributed by atoms with van der Waals surface area (Å²) in [5.74, 6) is -0.369. The van der Waals surface area contributed by atoms with Crippen molar-refractivity contribution < 1.29 is 23.9 Å². The number of amides is 2. The number of esters is 1. The summed E-state index contributed by atoms with van der Waals surface area (Å²) in [6.07, 6.45) is 1.81. The first-order chi connectivity index (χ1) is 12.6. The lowest BCUT2D eigenvalue weighted by Gasteiger charge is -2.38. The molecule has 0 aromatic heterocycles. The minimum Gasteiger partial charge on any atom is -0.467 e. The van der Waals surface area contributed by atoms with E-state index in [0.717, 1.165) is 5.56 Å². The van der Waals surface area contributed by atoms with E-state index in [4.69, 9.17) is 9.47 Å². The average molecular weight is 360 g/mol. The number of rotatable bonds is 4. The van der Waals surface area contributed by atoms with Crippen LogP contribution in [0.5, 0.6) is 0 Å². The van der Waals surface area contributed by atoms with Gasteiger partial charge < -0.3 is 19.3 Å². The number of hydrogen-bond donors (Lipinski definition) is 0. The van der Waals surface area contributed by atoms with Gasteiger partial charge in [0.2, 0.25) is 5.91 Å².